The molecule has 3 nitrogen and oxygen atoms in total. The van der Waals surface area contributed by atoms with E-state index in [1.165, 1.54) is 0 Å². The van der Waals surface area contributed by atoms with Crippen LogP contribution in [0.2, 0.25) is 0 Å². The zero-order valence-corrected chi connectivity index (χ0v) is 14.9. The van der Waals surface area contributed by atoms with E-state index in [4.69, 9.17) is 0 Å². The maximum Gasteiger partial charge on any atom is 0.266 e. The lowest BCUT2D eigenvalue weighted by Crippen LogP contribution is -2.13. The fourth-order valence-corrected chi connectivity index (χ4v) is 3.17. The molecular formula is C22H20N2O. The standard InChI is InChI=1S/C22H20N2O/c1-13-6-8-17(16(4)9-13)19-11-21(24-22(25)20(19)12-23)18-10-14(2)5-7-15(18)3/h5-11H,1-4H3,(H,24,25). The molecule has 0 fully saturated rings. The third-order valence-corrected chi connectivity index (χ3v) is 4.50. The largest absolute Gasteiger partial charge is 0.321 e. The molecule has 3 heteroatoms. The van der Waals surface area contributed by atoms with Gasteiger partial charge in [0.2, 0.25) is 0 Å². The first-order valence-electron chi connectivity index (χ1n) is 8.23. The summed E-state index contributed by atoms with van der Waals surface area (Å²) in [5.41, 5.74) is 7.52. The second kappa shape index (κ2) is 6.41. The van der Waals surface area contributed by atoms with Crippen molar-refractivity contribution in [2.24, 2.45) is 0 Å². The molecule has 0 saturated carbocycles. The Morgan fingerprint density at radius 3 is 2.16 bits per heavy atom. The van der Waals surface area contributed by atoms with Gasteiger partial charge in [-0.15, -0.1) is 0 Å². The molecule has 2 aromatic carbocycles. The Morgan fingerprint density at radius 1 is 0.800 bits per heavy atom. The molecule has 1 aromatic heterocycles. The van der Waals surface area contributed by atoms with Crippen LogP contribution in [0.3, 0.4) is 0 Å². The van der Waals surface area contributed by atoms with Crippen LogP contribution in [0.25, 0.3) is 22.4 Å². The number of rotatable bonds is 2. The summed E-state index contributed by atoms with van der Waals surface area (Å²) in [4.78, 5) is 15.4. The normalized spacial score (nSPS) is 10.5. The van der Waals surface area contributed by atoms with Crippen molar-refractivity contribution in [2.75, 3.05) is 0 Å². The Hall–Kier alpha value is -3.12. The molecule has 1 heterocycles. The van der Waals surface area contributed by atoms with Crippen molar-refractivity contribution < 1.29 is 0 Å². The molecular weight excluding hydrogens is 308 g/mol. The van der Waals surface area contributed by atoms with Gasteiger partial charge >= 0.3 is 0 Å². The van der Waals surface area contributed by atoms with Gasteiger partial charge in [-0.1, -0.05) is 41.5 Å². The van der Waals surface area contributed by atoms with Crippen molar-refractivity contribution in [2.45, 2.75) is 27.7 Å². The molecule has 0 amide bonds. The number of hydrogen-bond acceptors (Lipinski definition) is 2. The number of pyridine rings is 1. The molecule has 0 radical (unpaired) electrons. The summed E-state index contributed by atoms with van der Waals surface area (Å²) in [6, 6.07) is 16.2. The molecule has 0 spiro atoms. The van der Waals surface area contributed by atoms with Crippen molar-refractivity contribution in [3.05, 3.63) is 80.6 Å². The molecule has 0 bridgehead atoms. The molecule has 25 heavy (non-hydrogen) atoms. The zero-order valence-electron chi connectivity index (χ0n) is 14.9. The monoisotopic (exact) mass is 328 g/mol. The molecule has 124 valence electrons. The highest BCUT2D eigenvalue weighted by atomic mass is 16.1. The number of aryl methyl sites for hydroxylation is 4. The number of aromatic nitrogens is 1. The third kappa shape index (κ3) is 3.12. The van der Waals surface area contributed by atoms with Gasteiger partial charge in [0.1, 0.15) is 11.6 Å². The predicted molar refractivity (Wildman–Crippen MR) is 102 cm³/mol. The number of aromatic amines is 1. The van der Waals surface area contributed by atoms with Crippen LogP contribution in [0.4, 0.5) is 0 Å². The smallest absolute Gasteiger partial charge is 0.266 e. The van der Waals surface area contributed by atoms with Crippen LogP contribution in [-0.2, 0) is 0 Å². The second-order valence-corrected chi connectivity index (χ2v) is 6.55. The van der Waals surface area contributed by atoms with Crippen molar-refractivity contribution in [3.63, 3.8) is 0 Å². The Labute approximate surface area is 147 Å². The summed E-state index contributed by atoms with van der Waals surface area (Å²) >= 11 is 0. The summed E-state index contributed by atoms with van der Waals surface area (Å²) in [7, 11) is 0. The first-order chi connectivity index (χ1) is 11.9. The SMILES string of the molecule is Cc1ccc(-c2cc(-c3cc(C)ccc3C)[nH]c(=O)c2C#N)c(C)c1. The number of hydrogen-bond donors (Lipinski definition) is 1. The van der Waals surface area contributed by atoms with E-state index in [0.29, 0.717) is 5.56 Å². The van der Waals surface area contributed by atoms with E-state index in [2.05, 4.69) is 23.2 Å². The van der Waals surface area contributed by atoms with E-state index >= 15 is 0 Å². The number of nitriles is 1. The molecule has 0 saturated heterocycles. The lowest BCUT2D eigenvalue weighted by Gasteiger charge is -2.13. The summed E-state index contributed by atoms with van der Waals surface area (Å²) in [6.45, 7) is 8.07. The fraction of sp³-hybridized carbons (Fsp3) is 0.182. The first-order valence-corrected chi connectivity index (χ1v) is 8.23. The number of nitrogens with zero attached hydrogens (tertiary/aromatic N) is 1. The number of H-pyrrole nitrogens is 1. The minimum Gasteiger partial charge on any atom is -0.321 e. The lowest BCUT2D eigenvalue weighted by molar-refractivity contribution is 1.20. The van der Waals surface area contributed by atoms with E-state index in [-0.39, 0.29) is 11.1 Å². The van der Waals surface area contributed by atoms with E-state index in [1.807, 2.05) is 58.0 Å². The van der Waals surface area contributed by atoms with Crippen LogP contribution in [0.1, 0.15) is 27.8 Å². The molecule has 3 rings (SSSR count). The molecule has 0 aliphatic heterocycles. The van der Waals surface area contributed by atoms with Gasteiger partial charge in [-0.05, 0) is 56.5 Å². The maximum absolute atomic E-state index is 12.5. The summed E-state index contributed by atoms with van der Waals surface area (Å²) in [5.74, 6) is 0. The zero-order chi connectivity index (χ0) is 18.1. The minimum absolute atomic E-state index is 0.154. The molecule has 0 aliphatic rings. The van der Waals surface area contributed by atoms with E-state index in [0.717, 1.165) is 39.1 Å². The van der Waals surface area contributed by atoms with Gasteiger partial charge < -0.3 is 4.98 Å². The van der Waals surface area contributed by atoms with E-state index < -0.39 is 0 Å². The summed E-state index contributed by atoms with van der Waals surface area (Å²) in [5, 5.41) is 9.50. The number of nitrogens with one attached hydrogen (secondary N) is 1. The van der Waals surface area contributed by atoms with Gasteiger partial charge in [-0.2, -0.15) is 5.26 Å². The molecule has 0 atom stereocenters. The van der Waals surface area contributed by atoms with E-state index in [9.17, 15) is 10.1 Å². The summed E-state index contributed by atoms with van der Waals surface area (Å²) in [6.07, 6.45) is 0. The maximum atomic E-state index is 12.5. The highest BCUT2D eigenvalue weighted by Crippen LogP contribution is 2.30. The Kier molecular flexibility index (Phi) is 4.29. The average molecular weight is 328 g/mol. The topological polar surface area (TPSA) is 56.6 Å². The van der Waals surface area contributed by atoms with Gasteiger partial charge in [0.15, 0.2) is 0 Å². The van der Waals surface area contributed by atoms with Crippen molar-refractivity contribution >= 4 is 0 Å². The quantitative estimate of drug-likeness (QED) is 0.733. The van der Waals surface area contributed by atoms with Crippen LogP contribution < -0.4 is 5.56 Å². The Morgan fingerprint density at radius 2 is 1.48 bits per heavy atom. The first kappa shape index (κ1) is 16.7. The molecule has 0 unspecified atom stereocenters. The van der Waals surface area contributed by atoms with Gasteiger partial charge in [0.25, 0.3) is 5.56 Å². The van der Waals surface area contributed by atoms with Crippen LogP contribution in [-0.4, -0.2) is 4.98 Å². The van der Waals surface area contributed by atoms with Crippen molar-refractivity contribution in [3.8, 4) is 28.5 Å². The lowest BCUT2D eigenvalue weighted by atomic mass is 9.93. The Bertz CT molecular complexity index is 1070. The average Bonchev–Trinajstić information content (AvgIpc) is 2.56. The highest BCUT2D eigenvalue weighted by molar-refractivity contribution is 5.78. The van der Waals surface area contributed by atoms with Gasteiger partial charge in [0.05, 0.1) is 0 Å². The van der Waals surface area contributed by atoms with Crippen LogP contribution in [0.15, 0.2) is 47.3 Å². The highest BCUT2D eigenvalue weighted by Gasteiger charge is 2.15. The van der Waals surface area contributed by atoms with Crippen molar-refractivity contribution in [1.82, 2.24) is 4.98 Å². The number of benzene rings is 2. The minimum atomic E-state index is -0.351. The van der Waals surface area contributed by atoms with Gasteiger partial charge in [-0.3, -0.25) is 4.79 Å². The van der Waals surface area contributed by atoms with Gasteiger partial charge in [-0.25, -0.2) is 0 Å². The van der Waals surface area contributed by atoms with Gasteiger partial charge in [0, 0.05) is 16.8 Å². The predicted octanol–water partition coefficient (Wildman–Crippen LogP) is 4.81. The fourth-order valence-electron chi connectivity index (χ4n) is 3.17. The van der Waals surface area contributed by atoms with Crippen LogP contribution in [0.5, 0.6) is 0 Å². The summed E-state index contributed by atoms with van der Waals surface area (Å²) < 4.78 is 0. The third-order valence-electron chi connectivity index (χ3n) is 4.50. The van der Waals surface area contributed by atoms with E-state index in [1.54, 1.807) is 0 Å². The Balaban J connectivity index is 2.32. The van der Waals surface area contributed by atoms with Crippen LogP contribution >= 0.6 is 0 Å². The van der Waals surface area contributed by atoms with Crippen molar-refractivity contribution in [1.29, 1.82) is 5.26 Å². The molecule has 3 aromatic rings. The molecule has 1 N–H and O–H groups in total. The second-order valence-electron chi connectivity index (χ2n) is 6.55. The molecule has 0 aliphatic carbocycles. The van der Waals surface area contributed by atoms with Crippen LogP contribution in [0, 0.1) is 39.0 Å².